The van der Waals surface area contributed by atoms with Gasteiger partial charge in [-0.25, -0.2) is 0 Å². The van der Waals surface area contributed by atoms with Crippen LogP contribution in [0.3, 0.4) is 0 Å². The number of hydrogen-bond acceptors (Lipinski definition) is 4. The minimum atomic E-state index is -0.526. The second kappa shape index (κ2) is 7.27. The van der Waals surface area contributed by atoms with Crippen molar-refractivity contribution in [3.8, 4) is 5.75 Å². The van der Waals surface area contributed by atoms with Crippen molar-refractivity contribution in [2.75, 3.05) is 0 Å². The Hall–Kier alpha value is -2.99. The third-order valence-electron chi connectivity index (χ3n) is 3.64. The number of para-hydroxylation sites is 1. The Morgan fingerprint density at radius 1 is 1.04 bits per heavy atom. The lowest BCUT2D eigenvalue weighted by molar-refractivity contribution is -0.123. The van der Waals surface area contributed by atoms with Crippen LogP contribution in [0.15, 0.2) is 54.1 Å². The summed E-state index contributed by atoms with van der Waals surface area (Å²) >= 11 is 4.79. The van der Waals surface area contributed by atoms with Crippen LogP contribution in [0.5, 0.6) is 5.75 Å². The van der Waals surface area contributed by atoms with Gasteiger partial charge in [0.05, 0.1) is 0 Å². The standard InChI is InChI=1S/C19H16N2O3S/c1-12-5-4-6-13(9-12)11-24-16-8-3-2-7-14(16)10-15-17(22)20-19(25)21-18(15)23/h2-10H,11H2,1H3,(H2,20,21,22,23,25). The highest BCUT2D eigenvalue weighted by atomic mass is 32.1. The molecule has 2 aromatic rings. The van der Waals surface area contributed by atoms with Crippen molar-refractivity contribution < 1.29 is 14.3 Å². The van der Waals surface area contributed by atoms with Crippen LogP contribution in [0, 0.1) is 6.92 Å². The SMILES string of the molecule is Cc1cccc(COc2ccccc2C=C2C(=O)NC(=S)NC2=O)c1. The van der Waals surface area contributed by atoms with E-state index in [0.29, 0.717) is 17.9 Å². The number of benzene rings is 2. The predicted molar refractivity (Wildman–Crippen MR) is 98.8 cm³/mol. The van der Waals surface area contributed by atoms with Gasteiger partial charge < -0.3 is 4.74 Å². The first-order valence-corrected chi connectivity index (χ1v) is 8.09. The summed E-state index contributed by atoms with van der Waals surface area (Å²) in [6.07, 6.45) is 1.50. The zero-order chi connectivity index (χ0) is 17.8. The molecule has 1 aliphatic rings. The summed E-state index contributed by atoms with van der Waals surface area (Å²) < 4.78 is 5.88. The average molecular weight is 352 g/mol. The lowest BCUT2D eigenvalue weighted by atomic mass is 10.1. The Morgan fingerprint density at radius 3 is 2.48 bits per heavy atom. The van der Waals surface area contributed by atoms with Gasteiger partial charge >= 0.3 is 0 Å². The van der Waals surface area contributed by atoms with E-state index >= 15 is 0 Å². The fraction of sp³-hybridized carbons (Fsp3) is 0.105. The van der Waals surface area contributed by atoms with Crippen LogP contribution < -0.4 is 15.4 Å². The molecule has 25 heavy (non-hydrogen) atoms. The predicted octanol–water partition coefficient (Wildman–Crippen LogP) is 2.49. The van der Waals surface area contributed by atoms with E-state index in [9.17, 15) is 9.59 Å². The normalized spacial score (nSPS) is 14.0. The molecule has 0 unspecified atom stereocenters. The molecule has 6 heteroatoms. The number of amides is 2. The molecule has 1 saturated heterocycles. The van der Waals surface area contributed by atoms with Crippen molar-refractivity contribution in [1.82, 2.24) is 10.6 Å². The Labute approximate surface area is 150 Å². The van der Waals surface area contributed by atoms with Gasteiger partial charge in [0.1, 0.15) is 17.9 Å². The van der Waals surface area contributed by atoms with E-state index in [4.69, 9.17) is 17.0 Å². The topological polar surface area (TPSA) is 67.4 Å². The zero-order valence-electron chi connectivity index (χ0n) is 13.5. The average Bonchev–Trinajstić information content (AvgIpc) is 2.57. The number of ether oxygens (including phenoxy) is 1. The van der Waals surface area contributed by atoms with E-state index < -0.39 is 11.8 Å². The third kappa shape index (κ3) is 4.10. The number of aryl methyl sites for hydroxylation is 1. The minimum absolute atomic E-state index is 0.0103. The molecule has 1 aliphatic heterocycles. The van der Waals surface area contributed by atoms with Crippen molar-refractivity contribution in [3.05, 3.63) is 70.8 Å². The van der Waals surface area contributed by atoms with E-state index in [1.807, 2.05) is 43.3 Å². The highest BCUT2D eigenvalue weighted by molar-refractivity contribution is 7.80. The van der Waals surface area contributed by atoms with Gasteiger partial charge in [0, 0.05) is 5.56 Å². The smallest absolute Gasteiger partial charge is 0.263 e. The van der Waals surface area contributed by atoms with Gasteiger partial charge in [-0.05, 0) is 36.8 Å². The van der Waals surface area contributed by atoms with Gasteiger partial charge in [-0.15, -0.1) is 0 Å². The number of nitrogens with one attached hydrogen (secondary N) is 2. The molecule has 2 aromatic carbocycles. The first kappa shape index (κ1) is 16.9. The van der Waals surface area contributed by atoms with E-state index in [1.165, 1.54) is 6.08 Å². The monoisotopic (exact) mass is 352 g/mol. The highest BCUT2D eigenvalue weighted by Gasteiger charge is 2.26. The van der Waals surface area contributed by atoms with E-state index in [1.54, 1.807) is 12.1 Å². The molecule has 126 valence electrons. The summed E-state index contributed by atoms with van der Waals surface area (Å²) in [6.45, 7) is 2.41. The molecule has 1 fully saturated rings. The zero-order valence-corrected chi connectivity index (χ0v) is 14.4. The van der Waals surface area contributed by atoms with E-state index in [2.05, 4.69) is 10.6 Å². The van der Waals surface area contributed by atoms with Crippen molar-refractivity contribution in [3.63, 3.8) is 0 Å². The van der Waals surface area contributed by atoms with Crippen molar-refractivity contribution in [1.29, 1.82) is 0 Å². The maximum atomic E-state index is 12.0. The fourth-order valence-electron chi connectivity index (χ4n) is 2.46. The van der Waals surface area contributed by atoms with Gasteiger partial charge in [0.25, 0.3) is 11.8 Å². The second-order valence-electron chi connectivity index (χ2n) is 5.61. The van der Waals surface area contributed by atoms with Crippen LogP contribution in [0.2, 0.25) is 0 Å². The minimum Gasteiger partial charge on any atom is -0.488 e. The van der Waals surface area contributed by atoms with Crippen LogP contribution in [0.4, 0.5) is 0 Å². The number of hydrogen-bond donors (Lipinski definition) is 2. The summed E-state index contributed by atoms with van der Waals surface area (Å²) in [6, 6.07) is 15.3. The van der Waals surface area contributed by atoms with Crippen LogP contribution in [-0.2, 0) is 16.2 Å². The van der Waals surface area contributed by atoms with Crippen molar-refractivity contribution in [2.45, 2.75) is 13.5 Å². The molecular weight excluding hydrogens is 336 g/mol. The van der Waals surface area contributed by atoms with Gasteiger partial charge in [-0.2, -0.15) is 0 Å². The maximum absolute atomic E-state index is 12.0. The first-order valence-electron chi connectivity index (χ1n) is 7.68. The van der Waals surface area contributed by atoms with Crippen molar-refractivity contribution in [2.24, 2.45) is 0 Å². The van der Waals surface area contributed by atoms with E-state index in [0.717, 1.165) is 11.1 Å². The molecule has 0 bridgehead atoms. The first-order chi connectivity index (χ1) is 12.0. The quantitative estimate of drug-likeness (QED) is 0.504. The Morgan fingerprint density at radius 2 is 1.76 bits per heavy atom. The molecule has 0 radical (unpaired) electrons. The molecule has 3 rings (SSSR count). The summed E-state index contributed by atoms with van der Waals surface area (Å²) in [5.74, 6) is -0.463. The van der Waals surface area contributed by atoms with Gasteiger partial charge in [-0.1, -0.05) is 48.0 Å². The Balaban J connectivity index is 1.83. The highest BCUT2D eigenvalue weighted by Crippen LogP contribution is 2.23. The number of thiocarbonyl (C=S) groups is 1. The molecule has 0 saturated carbocycles. The van der Waals surface area contributed by atoms with Crippen LogP contribution in [0.25, 0.3) is 6.08 Å². The van der Waals surface area contributed by atoms with E-state index in [-0.39, 0.29) is 10.7 Å². The third-order valence-corrected chi connectivity index (χ3v) is 3.84. The largest absolute Gasteiger partial charge is 0.488 e. The summed E-state index contributed by atoms with van der Waals surface area (Å²) in [7, 11) is 0. The number of carbonyl (C=O) groups excluding carboxylic acids is 2. The molecule has 0 spiro atoms. The van der Waals surface area contributed by atoms with Crippen LogP contribution in [-0.4, -0.2) is 16.9 Å². The molecule has 2 N–H and O–H groups in total. The van der Waals surface area contributed by atoms with Gasteiger partial charge in [0.15, 0.2) is 5.11 Å². The molecule has 5 nitrogen and oxygen atoms in total. The molecule has 1 heterocycles. The van der Waals surface area contributed by atoms with Crippen LogP contribution in [0.1, 0.15) is 16.7 Å². The summed E-state index contributed by atoms with van der Waals surface area (Å²) in [5, 5.41) is 4.84. The van der Waals surface area contributed by atoms with Crippen molar-refractivity contribution >= 4 is 35.2 Å². The Bertz CT molecular complexity index is 868. The molecule has 2 amide bonds. The molecule has 0 aliphatic carbocycles. The lowest BCUT2D eigenvalue weighted by Crippen LogP contribution is -2.51. The lowest BCUT2D eigenvalue weighted by Gasteiger charge is -2.17. The molecule has 0 aromatic heterocycles. The maximum Gasteiger partial charge on any atom is 0.263 e. The number of rotatable bonds is 4. The second-order valence-corrected chi connectivity index (χ2v) is 6.02. The Kier molecular flexibility index (Phi) is 4.90. The van der Waals surface area contributed by atoms with Gasteiger partial charge in [-0.3, -0.25) is 20.2 Å². The molecule has 0 atom stereocenters. The summed E-state index contributed by atoms with van der Waals surface area (Å²) in [5.41, 5.74) is 2.83. The molecular formula is C19H16N2O3S. The number of carbonyl (C=O) groups is 2. The fourth-order valence-corrected chi connectivity index (χ4v) is 2.64. The summed E-state index contributed by atoms with van der Waals surface area (Å²) in [4.78, 5) is 24.0. The van der Waals surface area contributed by atoms with Crippen LogP contribution >= 0.6 is 12.2 Å². The van der Waals surface area contributed by atoms with Gasteiger partial charge in [0.2, 0.25) is 0 Å².